The minimum absolute atomic E-state index is 0.0446. The second-order valence-electron chi connectivity index (χ2n) is 7.20. The van der Waals surface area contributed by atoms with Crippen molar-refractivity contribution in [3.8, 4) is 5.75 Å². The third-order valence-electron chi connectivity index (χ3n) is 5.14. The molecule has 1 amide bonds. The Bertz CT molecular complexity index is 946. The number of amides is 1. The Morgan fingerprint density at radius 3 is 2.45 bits per heavy atom. The number of benzene rings is 2. The van der Waals surface area contributed by atoms with Gasteiger partial charge in [-0.25, -0.2) is 8.42 Å². The number of piperidine rings is 1. The quantitative estimate of drug-likeness (QED) is 0.696. The number of carbonyl (C=O) groups excluding carboxylic acids is 1. The molecule has 0 bridgehead atoms. The predicted molar refractivity (Wildman–Crippen MR) is 112 cm³/mol. The maximum absolute atomic E-state index is 12.9. The molecule has 2 aromatic rings. The van der Waals surface area contributed by atoms with Gasteiger partial charge in [0.2, 0.25) is 15.9 Å². The van der Waals surface area contributed by atoms with Crippen LogP contribution in [0.2, 0.25) is 5.02 Å². The highest BCUT2D eigenvalue weighted by Gasteiger charge is 2.34. The molecule has 1 heterocycles. The van der Waals surface area contributed by atoms with E-state index in [4.69, 9.17) is 16.3 Å². The lowest BCUT2D eigenvalue weighted by molar-refractivity contribution is -0.135. The fraction of sp³-hybridized carbons (Fsp3) is 0.381. The number of rotatable bonds is 6. The van der Waals surface area contributed by atoms with Crippen molar-refractivity contribution in [2.45, 2.75) is 24.3 Å². The Labute approximate surface area is 177 Å². The van der Waals surface area contributed by atoms with E-state index >= 15 is 0 Å². The van der Waals surface area contributed by atoms with Crippen molar-refractivity contribution in [1.82, 2.24) is 9.21 Å². The number of halogens is 1. The lowest BCUT2D eigenvalue weighted by Gasteiger charge is -2.33. The molecule has 0 radical (unpaired) electrons. The second-order valence-corrected chi connectivity index (χ2v) is 9.57. The van der Waals surface area contributed by atoms with Gasteiger partial charge in [-0.3, -0.25) is 4.79 Å². The van der Waals surface area contributed by atoms with E-state index in [1.807, 2.05) is 24.3 Å². The van der Waals surface area contributed by atoms with Gasteiger partial charge in [0.15, 0.2) is 0 Å². The van der Waals surface area contributed by atoms with Gasteiger partial charge < -0.3 is 9.64 Å². The number of ether oxygens (including phenoxy) is 1. The molecule has 1 fully saturated rings. The molecule has 8 heteroatoms. The maximum atomic E-state index is 12.9. The van der Waals surface area contributed by atoms with Crippen molar-refractivity contribution in [3.05, 3.63) is 59.1 Å². The molecule has 1 aliphatic rings. The number of carbonyl (C=O) groups is 1. The first-order chi connectivity index (χ1) is 13.8. The van der Waals surface area contributed by atoms with Gasteiger partial charge in [0.1, 0.15) is 5.75 Å². The molecule has 0 N–H and O–H groups in total. The van der Waals surface area contributed by atoms with Crippen LogP contribution >= 0.6 is 11.6 Å². The average Bonchev–Trinajstić information content (AvgIpc) is 2.74. The number of sulfonamides is 1. The zero-order valence-electron chi connectivity index (χ0n) is 16.5. The van der Waals surface area contributed by atoms with E-state index in [0.29, 0.717) is 31.0 Å². The number of hydrogen-bond acceptors (Lipinski definition) is 4. The van der Waals surface area contributed by atoms with Crippen LogP contribution in [0.25, 0.3) is 0 Å². The first-order valence-corrected chi connectivity index (χ1v) is 11.3. The minimum atomic E-state index is -3.65. The topological polar surface area (TPSA) is 66.9 Å². The maximum Gasteiger partial charge on any atom is 0.243 e. The summed E-state index contributed by atoms with van der Waals surface area (Å²) in [5.41, 5.74) is 0.989. The summed E-state index contributed by atoms with van der Waals surface area (Å²) in [6, 6.07) is 13.7. The Morgan fingerprint density at radius 2 is 1.83 bits per heavy atom. The number of hydrogen-bond donors (Lipinski definition) is 0. The summed E-state index contributed by atoms with van der Waals surface area (Å²) >= 11 is 5.86. The predicted octanol–water partition coefficient (Wildman–Crippen LogP) is 3.41. The van der Waals surface area contributed by atoms with Crippen LogP contribution in [0.15, 0.2) is 53.4 Å². The molecular formula is C21H25ClN2O4S. The summed E-state index contributed by atoms with van der Waals surface area (Å²) in [6.45, 7) is 1.07. The normalized spacial score (nSPS) is 17.7. The molecule has 3 rings (SSSR count). The summed E-state index contributed by atoms with van der Waals surface area (Å²) in [5.74, 6) is 0.365. The summed E-state index contributed by atoms with van der Waals surface area (Å²) in [5, 5.41) is 0.482. The van der Waals surface area contributed by atoms with E-state index < -0.39 is 10.0 Å². The third kappa shape index (κ3) is 5.10. The van der Waals surface area contributed by atoms with Gasteiger partial charge >= 0.3 is 0 Å². The molecule has 29 heavy (non-hydrogen) atoms. The lowest BCUT2D eigenvalue weighted by Crippen LogP contribution is -2.45. The van der Waals surface area contributed by atoms with Crippen molar-refractivity contribution >= 4 is 27.5 Å². The molecule has 1 saturated heterocycles. The van der Waals surface area contributed by atoms with Gasteiger partial charge in [-0.1, -0.05) is 23.7 Å². The van der Waals surface area contributed by atoms with Crippen LogP contribution < -0.4 is 4.74 Å². The molecular weight excluding hydrogens is 412 g/mol. The molecule has 1 unspecified atom stereocenters. The first-order valence-electron chi connectivity index (χ1n) is 9.45. The molecule has 1 atom stereocenters. The Hall–Kier alpha value is -2.09. The highest BCUT2D eigenvalue weighted by molar-refractivity contribution is 7.89. The van der Waals surface area contributed by atoms with Crippen LogP contribution in [-0.4, -0.2) is 50.8 Å². The smallest absolute Gasteiger partial charge is 0.243 e. The van der Waals surface area contributed by atoms with Crippen molar-refractivity contribution in [2.75, 3.05) is 27.2 Å². The highest BCUT2D eigenvalue weighted by Crippen LogP contribution is 2.26. The SMILES string of the molecule is COc1ccc(CN(C)C(=O)C2CCCN(S(=O)(=O)c3ccc(Cl)cc3)C2)cc1. The molecule has 156 valence electrons. The van der Waals surface area contributed by atoms with Crippen molar-refractivity contribution in [3.63, 3.8) is 0 Å². The number of methoxy groups -OCH3 is 1. The van der Waals surface area contributed by atoms with Crippen LogP contribution in [0, 0.1) is 5.92 Å². The molecule has 6 nitrogen and oxygen atoms in total. The van der Waals surface area contributed by atoms with Gasteiger partial charge in [0.25, 0.3) is 0 Å². The van der Waals surface area contributed by atoms with Crippen molar-refractivity contribution in [2.24, 2.45) is 5.92 Å². The Kier molecular flexibility index (Phi) is 6.82. The standard InChI is InChI=1S/C21H25ClN2O4S/c1-23(14-16-5-9-19(28-2)10-6-16)21(25)17-4-3-13-24(15-17)29(26,27)20-11-7-18(22)8-12-20/h5-12,17H,3-4,13-15H2,1-2H3. The highest BCUT2D eigenvalue weighted by atomic mass is 35.5. The molecule has 0 aliphatic carbocycles. The minimum Gasteiger partial charge on any atom is -0.497 e. The van der Waals surface area contributed by atoms with Crippen LogP contribution in [0.3, 0.4) is 0 Å². The molecule has 0 spiro atoms. The Morgan fingerprint density at radius 1 is 1.17 bits per heavy atom. The van der Waals surface area contributed by atoms with E-state index in [1.54, 1.807) is 31.2 Å². The van der Waals surface area contributed by atoms with Crippen LogP contribution in [0.1, 0.15) is 18.4 Å². The molecule has 2 aromatic carbocycles. The van der Waals surface area contributed by atoms with Gasteiger partial charge in [-0.05, 0) is 54.8 Å². The lowest BCUT2D eigenvalue weighted by atomic mass is 9.98. The summed E-state index contributed by atoms with van der Waals surface area (Å²) < 4.78 is 32.4. The van der Waals surface area contributed by atoms with Crippen LogP contribution in [0.4, 0.5) is 0 Å². The van der Waals surface area contributed by atoms with Crippen LogP contribution in [0.5, 0.6) is 5.75 Å². The summed E-state index contributed by atoms with van der Waals surface area (Å²) in [4.78, 5) is 14.8. The van der Waals surface area contributed by atoms with E-state index in [-0.39, 0.29) is 23.3 Å². The van der Waals surface area contributed by atoms with Gasteiger partial charge in [-0.2, -0.15) is 4.31 Å². The first kappa shape index (κ1) is 21.6. The van der Waals surface area contributed by atoms with Crippen molar-refractivity contribution in [1.29, 1.82) is 0 Å². The zero-order chi connectivity index (χ0) is 21.0. The van der Waals surface area contributed by atoms with E-state index in [0.717, 1.165) is 11.3 Å². The second kappa shape index (κ2) is 9.15. The summed E-state index contributed by atoms with van der Waals surface area (Å²) in [6.07, 6.45) is 1.33. The van der Waals surface area contributed by atoms with Gasteiger partial charge in [0.05, 0.1) is 17.9 Å². The molecule has 1 aliphatic heterocycles. The van der Waals surface area contributed by atoms with Gasteiger partial charge in [-0.15, -0.1) is 0 Å². The van der Waals surface area contributed by atoms with E-state index in [9.17, 15) is 13.2 Å². The summed E-state index contributed by atoms with van der Waals surface area (Å²) in [7, 11) is -0.290. The van der Waals surface area contributed by atoms with Crippen molar-refractivity contribution < 1.29 is 17.9 Å². The number of nitrogens with zero attached hydrogens (tertiary/aromatic N) is 2. The third-order valence-corrected chi connectivity index (χ3v) is 7.27. The van der Waals surface area contributed by atoms with Crippen LogP contribution in [-0.2, 0) is 21.4 Å². The fourth-order valence-electron chi connectivity index (χ4n) is 3.51. The molecule has 0 aromatic heterocycles. The van der Waals surface area contributed by atoms with E-state index in [2.05, 4.69) is 0 Å². The van der Waals surface area contributed by atoms with E-state index in [1.165, 1.54) is 16.4 Å². The van der Waals surface area contributed by atoms with Gasteiger partial charge in [0, 0.05) is 31.7 Å². The fourth-order valence-corrected chi connectivity index (χ4v) is 5.16. The monoisotopic (exact) mass is 436 g/mol. The zero-order valence-corrected chi connectivity index (χ0v) is 18.1. The Balaban J connectivity index is 1.67. The largest absolute Gasteiger partial charge is 0.497 e. The molecule has 0 saturated carbocycles. The average molecular weight is 437 g/mol.